The molecule has 0 aromatic heterocycles. The first kappa shape index (κ1) is 20.5. The van der Waals surface area contributed by atoms with Crippen molar-refractivity contribution in [2.45, 2.75) is 37.8 Å². The van der Waals surface area contributed by atoms with Crippen LogP contribution in [0.15, 0.2) is 47.7 Å². The Morgan fingerprint density at radius 2 is 1.90 bits per heavy atom. The topological polar surface area (TPSA) is 123 Å². The second kappa shape index (κ2) is 8.19. The van der Waals surface area contributed by atoms with Gasteiger partial charge in [0.25, 0.3) is 5.91 Å². The minimum absolute atomic E-state index is 0.135. The Morgan fingerprint density at radius 3 is 2.60 bits per heavy atom. The van der Waals surface area contributed by atoms with E-state index in [-0.39, 0.29) is 10.9 Å². The number of hydrogen-bond acceptors (Lipinski definition) is 8. The van der Waals surface area contributed by atoms with Crippen LogP contribution in [-0.2, 0) is 9.53 Å². The van der Waals surface area contributed by atoms with Gasteiger partial charge in [0.05, 0.1) is 6.10 Å². The molecule has 3 aliphatic rings. The van der Waals surface area contributed by atoms with Crippen molar-refractivity contribution in [3.05, 3.63) is 48.3 Å². The lowest BCUT2D eigenvalue weighted by atomic mass is 10.1. The van der Waals surface area contributed by atoms with Crippen LogP contribution < -0.4 is 0 Å². The van der Waals surface area contributed by atoms with E-state index in [1.165, 1.54) is 34.0 Å². The van der Waals surface area contributed by atoms with E-state index >= 15 is 0 Å². The molecule has 4 rings (SSSR count). The van der Waals surface area contributed by atoms with Crippen molar-refractivity contribution in [3.8, 4) is 0 Å². The van der Waals surface area contributed by atoms with E-state index < -0.39 is 42.8 Å². The summed E-state index contributed by atoms with van der Waals surface area (Å²) in [5, 5.41) is 20.8. The highest BCUT2D eigenvalue weighted by Gasteiger charge is 2.51. The minimum atomic E-state index is -1.31. The van der Waals surface area contributed by atoms with Gasteiger partial charge in [-0.1, -0.05) is 30.0 Å². The molecule has 0 aliphatic carbocycles. The molecule has 1 aromatic rings. The highest BCUT2D eigenvalue weighted by molar-refractivity contribution is 8.13. The summed E-state index contributed by atoms with van der Waals surface area (Å²) >= 11 is 0.983. The fraction of sp³-hybridized carbons (Fsp3) is 0.368. The van der Waals surface area contributed by atoms with Crippen molar-refractivity contribution in [1.82, 2.24) is 14.7 Å². The van der Waals surface area contributed by atoms with E-state index in [1.807, 2.05) is 0 Å². The number of amides is 3. The maximum absolute atomic E-state index is 13.0. The second-order valence-corrected chi connectivity index (χ2v) is 8.15. The van der Waals surface area contributed by atoms with E-state index in [0.717, 1.165) is 18.1 Å². The van der Waals surface area contributed by atoms with Crippen molar-refractivity contribution in [3.63, 3.8) is 0 Å². The Kier molecular flexibility index (Phi) is 5.60. The number of rotatable bonds is 4. The zero-order valence-electron chi connectivity index (χ0n) is 15.9. The Labute approximate surface area is 176 Å². The number of ether oxygens (including phenoxy) is 1. The molecule has 0 saturated carbocycles. The van der Waals surface area contributed by atoms with Gasteiger partial charge in [0.1, 0.15) is 18.5 Å². The van der Waals surface area contributed by atoms with Gasteiger partial charge >= 0.3 is 6.03 Å². The van der Waals surface area contributed by atoms with E-state index in [9.17, 15) is 24.6 Å². The number of nitrogens with zero attached hydrogens (tertiary/aromatic N) is 4. The quantitative estimate of drug-likeness (QED) is 0.701. The van der Waals surface area contributed by atoms with Gasteiger partial charge in [-0.15, -0.1) is 0 Å². The maximum atomic E-state index is 13.0. The molecule has 1 unspecified atom stereocenters. The third-order valence-electron chi connectivity index (χ3n) is 5.01. The summed E-state index contributed by atoms with van der Waals surface area (Å²) in [6.07, 6.45) is -1.21. The first-order chi connectivity index (χ1) is 14.4. The number of carbonyl (C=O) groups excluding carboxylic acids is 3. The van der Waals surface area contributed by atoms with Crippen molar-refractivity contribution >= 4 is 35.2 Å². The van der Waals surface area contributed by atoms with Gasteiger partial charge in [0.2, 0.25) is 0 Å². The lowest BCUT2D eigenvalue weighted by Crippen LogP contribution is -2.60. The standard InChI is InChI=1S/C19H20N4O6S/c1-11(24)30-9-13-14(25)15(26)17(29-13)21-7-8-22-18(28)20-10-23(19(21)22)16(27)12-5-3-2-4-6-12/h2-8,10,13-15,17,19,25-26H,9H2,1H3/t13-,14-,15-,17-,19?/m1/s1. The number of urea groups is 1. The van der Waals surface area contributed by atoms with Crippen LogP contribution >= 0.6 is 11.8 Å². The summed E-state index contributed by atoms with van der Waals surface area (Å²) in [6.45, 7) is 1.40. The normalized spacial score (nSPS) is 30.2. The van der Waals surface area contributed by atoms with Crippen LogP contribution in [0.25, 0.3) is 0 Å². The largest absolute Gasteiger partial charge is 0.387 e. The lowest BCUT2D eigenvalue weighted by Gasteiger charge is -2.41. The molecule has 3 heterocycles. The molecule has 11 heteroatoms. The summed E-state index contributed by atoms with van der Waals surface area (Å²) in [4.78, 5) is 44.3. The molecule has 1 fully saturated rings. The Bertz CT molecular complexity index is 910. The summed E-state index contributed by atoms with van der Waals surface area (Å²) in [5.74, 6) is -0.226. The first-order valence-corrected chi connectivity index (χ1v) is 10.2. The molecule has 3 amide bonds. The van der Waals surface area contributed by atoms with Gasteiger partial charge in [-0.2, -0.15) is 4.99 Å². The number of carbonyl (C=O) groups is 3. The average Bonchev–Trinajstić information content (AvgIpc) is 3.30. The van der Waals surface area contributed by atoms with Crippen molar-refractivity contribution in [2.24, 2.45) is 4.99 Å². The molecule has 30 heavy (non-hydrogen) atoms. The predicted octanol–water partition coefficient (Wildman–Crippen LogP) is 0.390. The van der Waals surface area contributed by atoms with E-state index in [2.05, 4.69) is 4.99 Å². The number of hydrogen-bond donors (Lipinski definition) is 2. The Balaban J connectivity index is 1.59. The third-order valence-corrected chi connectivity index (χ3v) is 5.92. The number of aliphatic hydroxyl groups is 2. The number of aliphatic imine (C=N–C) groups is 1. The first-order valence-electron chi connectivity index (χ1n) is 9.23. The van der Waals surface area contributed by atoms with Crippen LogP contribution in [0.2, 0.25) is 0 Å². The Morgan fingerprint density at radius 1 is 1.17 bits per heavy atom. The maximum Gasteiger partial charge on any atom is 0.352 e. The predicted molar refractivity (Wildman–Crippen MR) is 107 cm³/mol. The molecule has 158 valence electrons. The average molecular weight is 432 g/mol. The molecule has 0 radical (unpaired) electrons. The van der Waals surface area contributed by atoms with E-state index in [0.29, 0.717) is 5.56 Å². The highest BCUT2D eigenvalue weighted by atomic mass is 32.2. The van der Waals surface area contributed by atoms with E-state index in [4.69, 9.17) is 4.74 Å². The second-order valence-electron chi connectivity index (χ2n) is 6.95. The van der Waals surface area contributed by atoms with Gasteiger partial charge in [0, 0.05) is 30.6 Å². The van der Waals surface area contributed by atoms with Crippen molar-refractivity contribution < 1.29 is 29.3 Å². The van der Waals surface area contributed by atoms with Crippen LogP contribution in [0.4, 0.5) is 4.79 Å². The van der Waals surface area contributed by atoms with Gasteiger partial charge in [0.15, 0.2) is 17.6 Å². The molecule has 1 saturated heterocycles. The molecule has 0 bridgehead atoms. The molecule has 1 aromatic carbocycles. The van der Waals surface area contributed by atoms with Crippen LogP contribution in [0, 0.1) is 0 Å². The fourth-order valence-corrected chi connectivity index (χ4v) is 4.22. The number of aliphatic hydroxyl groups excluding tert-OH is 2. The monoisotopic (exact) mass is 432 g/mol. The van der Waals surface area contributed by atoms with Gasteiger partial charge in [-0.3, -0.25) is 19.4 Å². The molecule has 10 nitrogen and oxygen atoms in total. The fourth-order valence-electron chi connectivity index (χ4n) is 3.54. The van der Waals surface area contributed by atoms with Crippen LogP contribution in [-0.4, -0.2) is 84.9 Å². The van der Waals surface area contributed by atoms with Gasteiger partial charge < -0.3 is 19.8 Å². The number of fused-ring (bicyclic) bond motifs is 1. The molecule has 0 spiro atoms. The van der Waals surface area contributed by atoms with Crippen molar-refractivity contribution in [1.29, 1.82) is 0 Å². The van der Waals surface area contributed by atoms with Crippen molar-refractivity contribution in [2.75, 3.05) is 5.75 Å². The van der Waals surface area contributed by atoms with E-state index in [1.54, 1.807) is 30.3 Å². The molecule has 3 aliphatic heterocycles. The zero-order chi connectivity index (χ0) is 21.4. The summed E-state index contributed by atoms with van der Waals surface area (Å²) in [6, 6.07) is 7.93. The van der Waals surface area contributed by atoms with Gasteiger partial charge in [-0.05, 0) is 12.1 Å². The highest BCUT2D eigenvalue weighted by Crippen LogP contribution is 2.33. The Hall–Kier alpha value is -2.73. The molecule has 2 N–H and O–H groups in total. The van der Waals surface area contributed by atoms with Crippen LogP contribution in [0.5, 0.6) is 0 Å². The lowest BCUT2D eigenvalue weighted by molar-refractivity contribution is -0.110. The SMILES string of the molecule is CC(=O)SC[C@H]1O[C@@H](N2C=CN3C(=O)N=CN(C(=O)c4ccccc4)C32)[C@H](O)[C@@H]1O. The summed E-state index contributed by atoms with van der Waals surface area (Å²) in [7, 11) is 0. The summed E-state index contributed by atoms with van der Waals surface area (Å²) in [5.41, 5.74) is 0.397. The molecular weight excluding hydrogens is 412 g/mol. The summed E-state index contributed by atoms with van der Waals surface area (Å²) < 4.78 is 5.82. The van der Waals surface area contributed by atoms with Crippen LogP contribution in [0.3, 0.4) is 0 Å². The zero-order valence-corrected chi connectivity index (χ0v) is 16.8. The third kappa shape index (κ3) is 3.60. The molecular formula is C19H20N4O6S. The smallest absolute Gasteiger partial charge is 0.352 e. The number of benzene rings is 1. The van der Waals surface area contributed by atoms with Crippen LogP contribution in [0.1, 0.15) is 17.3 Å². The minimum Gasteiger partial charge on any atom is -0.387 e. The number of thioether (sulfide) groups is 1. The van der Waals surface area contributed by atoms with Gasteiger partial charge in [-0.25, -0.2) is 4.79 Å². The molecule has 5 atom stereocenters.